The third kappa shape index (κ3) is 6.71. The first-order valence-electron chi connectivity index (χ1n) is 10.8. The van der Waals surface area contributed by atoms with Gasteiger partial charge in [-0.2, -0.15) is 0 Å². The Morgan fingerprint density at radius 3 is 2.67 bits per heavy atom. The molecule has 0 unspecified atom stereocenters. The molecule has 5 N–H and O–H groups in total. The molecule has 33 heavy (non-hydrogen) atoms. The van der Waals surface area contributed by atoms with Crippen molar-refractivity contribution in [2.24, 2.45) is 0 Å². The minimum Gasteiger partial charge on any atom is -0.395 e. The average Bonchev–Trinajstić information content (AvgIpc) is 2.82. The van der Waals surface area contributed by atoms with Gasteiger partial charge in [0.25, 0.3) is 5.91 Å². The molecular weight excluding hydrogens is 423 g/mol. The highest BCUT2D eigenvalue weighted by Gasteiger charge is 2.14. The van der Waals surface area contributed by atoms with E-state index in [4.69, 9.17) is 5.11 Å². The van der Waals surface area contributed by atoms with Crippen LogP contribution in [-0.2, 0) is 6.54 Å². The molecule has 0 fully saturated rings. The number of benzene rings is 1. The van der Waals surface area contributed by atoms with Gasteiger partial charge in [-0.05, 0) is 49.7 Å². The van der Waals surface area contributed by atoms with E-state index in [1.807, 2.05) is 32.2 Å². The van der Waals surface area contributed by atoms with Crippen molar-refractivity contribution in [3.8, 4) is 11.3 Å². The van der Waals surface area contributed by atoms with Crippen molar-refractivity contribution in [1.29, 1.82) is 0 Å². The number of nitrogens with zero attached hydrogens (tertiary/aromatic N) is 2. The Labute approximate surface area is 192 Å². The van der Waals surface area contributed by atoms with Crippen molar-refractivity contribution in [3.05, 3.63) is 71.3 Å². The van der Waals surface area contributed by atoms with Crippen LogP contribution in [-0.4, -0.2) is 47.3 Å². The number of amides is 1. The van der Waals surface area contributed by atoms with Gasteiger partial charge in [0.2, 0.25) is 0 Å². The van der Waals surface area contributed by atoms with Crippen LogP contribution in [0.5, 0.6) is 0 Å². The van der Waals surface area contributed by atoms with Gasteiger partial charge in [-0.15, -0.1) is 0 Å². The number of aromatic nitrogens is 2. The van der Waals surface area contributed by atoms with Crippen molar-refractivity contribution in [2.75, 3.05) is 37.0 Å². The highest BCUT2D eigenvalue weighted by atomic mass is 19.1. The van der Waals surface area contributed by atoms with E-state index in [0.717, 1.165) is 11.3 Å². The van der Waals surface area contributed by atoms with Crippen molar-refractivity contribution in [3.63, 3.8) is 0 Å². The summed E-state index contributed by atoms with van der Waals surface area (Å²) >= 11 is 0. The van der Waals surface area contributed by atoms with Gasteiger partial charge >= 0.3 is 0 Å². The number of hydrogen-bond donors (Lipinski definition) is 5. The molecule has 1 aromatic carbocycles. The molecule has 1 amide bonds. The fourth-order valence-corrected chi connectivity index (χ4v) is 3.16. The van der Waals surface area contributed by atoms with Gasteiger partial charge in [-0.25, -0.2) is 9.37 Å². The molecule has 0 radical (unpaired) electrons. The first-order chi connectivity index (χ1) is 16.0. The fourth-order valence-electron chi connectivity index (χ4n) is 3.16. The van der Waals surface area contributed by atoms with E-state index >= 15 is 0 Å². The molecule has 0 aliphatic rings. The van der Waals surface area contributed by atoms with E-state index in [-0.39, 0.29) is 19.1 Å². The predicted molar refractivity (Wildman–Crippen MR) is 128 cm³/mol. The molecule has 0 saturated carbocycles. The van der Waals surface area contributed by atoms with Gasteiger partial charge in [0.15, 0.2) is 0 Å². The Morgan fingerprint density at radius 2 is 1.97 bits per heavy atom. The van der Waals surface area contributed by atoms with Crippen molar-refractivity contribution >= 4 is 17.4 Å². The maximum Gasteiger partial charge on any atom is 0.255 e. The summed E-state index contributed by atoms with van der Waals surface area (Å²) in [5.74, 6) is -0.329. The van der Waals surface area contributed by atoms with Gasteiger partial charge in [-0.3, -0.25) is 15.1 Å². The van der Waals surface area contributed by atoms with Crippen LogP contribution < -0.4 is 21.3 Å². The summed E-state index contributed by atoms with van der Waals surface area (Å²) < 4.78 is 14.7. The minimum absolute atomic E-state index is 0.147. The van der Waals surface area contributed by atoms with Crippen LogP contribution in [0.1, 0.15) is 28.5 Å². The number of carbonyl (C=O) groups excluding carboxylic acids is 1. The Hall–Kier alpha value is -3.56. The second-order valence-corrected chi connectivity index (χ2v) is 7.39. The molecule has 0 saturated heterocycles. The Kier molecular flexibility index (Phi) is 8.68. The first-order valence-corrected chi connectivity index (χ1v) is 10.8. The van der Waals surface area contributed by atoms with Crippen molar-refractivity contribution in [1.82, 2.24) is 20.6 Å². The number of carbonyl (C=O) groups is 1. The van der Waals surface area contributed by atoms with Crippen molar-refractivity contribution in [2.45, 2.75) is 20.4 Å². The van der Waals surface area contributed by atoms with Gasteiger partial charge < -0.3 is 21.1 Å². The van der Waals surface area contributed by atoms with Gasteiger partial charge in [0.1, 0.15) is 11.6 Å². The zero-order chi connectivity index (χ0) is 23.6. The van der Waals surface area contributed by atoms with Crippen LogP contribution in [0.4, 0.5) is 15.9 Å². The SMILES string of the molecule is CCNc1nc(-c2ccc(NCNCc3ccc(C)nc3)c(F)c2)ccc1C(=O)NCCO. The largest absolute Gasteiger partial charge is 0.395 e. The van der Waals surface area contributed by atoms with E-state index < -0.39 is 5.82 Å². The second kappa shape index (κ2) is 11.9. The van der Waals surface area contributed by atoms with Crippen LogP contribution in [0.3, 0.4) is 0 Å². The smallest absolute Gasteiger partial charge is 0.255 e. The third-order valence-corrected chi connectivity index (χ3v) is 4.85. The molecule has 0 atom stereocenters. The minimum atomic E-state index is -0.400. The normalized spacial score (nSPS) is 10.7. The molecule has 3 aromatic rings. The summed E-state index contributed by atoms with van der Waals surface area (Å²) in [7, 11) is 0. The Balaban J connectivity index is 1.66. The summed E-state index contributed by atoms with van der Waals surface area (Å²) in [6.45, 7) is 5.42. The number of hydrogen-bond acceptors (Lipinski definition) is 7. The van der Waals surface area contributed by atoms with E-state index in [0.29, 0.717) is 48.1 Å². The van der Waals surface area contributed by atoms with E-state index in [9.17, 15) is 9.18 Å². The second-order valence-electron chi connectivity index (χ2n) is 7.39. The van der Waals surface area contributed by atoms with Crippen LogP contribution in [0.25, 0.3) is 11.3 Å². The Morgan fingerprint density at radius 1 is 1.12 bits per heavy atom. The van der Waals surface area contributed by atoms with Crippen LogP contribution >= 0.6 is 0 Å². The number of pyridine rings is 2. The van der Waals surface area contributed by atoms with Crippen LogP contribution in [0, 0.1) is 12.7 Å². The number of aliphatic hydroxyl groups excluding tert-OH is 1. The number of halogens is 1. The van der Waals surface area contributed by atoms with Gasteiger partial charge in [-0.1, -0.05) is 12.1 Å². The highest BCUT2D eigenvalue weighted by Crippen LogP contribution is 2.25. The molecule has 0 aliphatic heterocycles. The first kappa shape index (κ1) is 24.1. The molecular formula is C24H29FN6O2. The summed E-state index contributed by atoms with van der Waals surface area (Å²) in [4.78, 5) is 21.1. The number of rotatable bonds is 11. The van der Waals surface area contributed by atoms with Crippen LogP contribution in [0.15, 0.2) is 48.7 Å². The van der Waals surface area contributed by atoms with E-state index in [2.05, 4.69) is 31.2 Å². The molecule has 2 aromatic heterocycles. The number of aryl methyl sites for hydroxylation is 1. The lowest BCUT2D eigenvalue weighted by atomic mass is 10.1. The zero-order valence-electron chi connectivity index (χ0n) is 18.8. The van der Waals surface area contributed by atoms with Gasteiger partial charge in [0.05, 0.1) is 30.2 Å². The summed E-state index contributed by atoms with van der Waals surface area (Å²) in [6.07, 6.45) is 1.81. The maximum absolute atomic E-state index is 14.7. The predicted octanol–water partition coefficient (Wildman–Crippen LogP) is 2.90. The zero-order valence-corrected chi connectivity index (χ0v) is 18.8. The Bertz CT molecular complexity index is 1080. The fraction of sp³-hybridized carbons (Fsp3) is 0.292. The number of nitrogens with one attached hydrogen (secondary N) is 4. The maximum atomic E-state index is 14.7. The van der Waals surface area contributed by atoms with E-state index in [1.54, 1.807) is 24.3 Å². The quantitative estimate of drug-likeness (QED) is 0.225. The summed E-state index contributed by atoms with van der Waals surface area (Å²) in [5, 5.41) is 20.8. The lowest BCUT2D eigenvalue weighted by molar-refractivity contribution is 0.0945. The molecule has 174 valence electrons. The third-order valence-electron chi connectivity index (χ3n) is 4.85. The molecule has 8 nitrogen and oxygen atoms in total. The lowest BCUT2D eigenvalue weighted by Gasteiger charge is -2.13. The lowest BCUT2D eigenvalue weighted by Crippen LogP contribution is -2.27. The molecule has 3 rings (SSSR count). The molecule has 0 bridgehead atoms. The number of aliphatic hydroxyl groups is 1. The standard InChI is InChI=1S/C24H29FN6O2/c1-3-27-23-19(24(33)28-10-11-32)7-9-21(31-23)18-6-8-22(20(25)12-18)30-15-26-13-17-5-4-16(2)29-14-17/h4-9,12,14,26,30,32H,3,10-11,13,15H2,1-2H3,(H,27,31)(H,28,33). The average molecular weight is 453 g/mol. The molecule has 0 aliphatic carbocycles. The van der Waals surface area contributed by atoms with E-state index in [1.165, 1.54) is 6.07 Å². The molecule has 0 spiro atoms. The van der Waals surface area contributed by atoms with Crippen LogP contribution in [0.2, 0.25) is 0 Å². The topological polar surface area (TPSA) is 111 Å². The van der Waals surface area contributed by atoms with Crippen molar-refractivity contribution < 1.29 is 14.3 Å². The monoisotopic (exact) mass is 452 g/mol. The summed E-state index contributed by atoms with van der Waals surface area (Å²) in [5.41, 5.74) is 3.89. The highest BCUT2D eigenvalue weighted by molar-refractivity contribution is 5.99. The molecule has 9 heteroatoms. The molecule has 2 heterocycles. The summed E-state index contributed by atoms with van der Waals surface area (Å²) in [6, 6.07) is 12.1. The van der Waals surface area contributed by atoms with Gasteiger partial charge in [0, 0.05) is 37.1 Å². The number of anilines is 2.